The van der Waals surface area contributed by atoms with Gasteiger partial charge in [0, 0.05) is 25.7 Å². The highest BCUT2D eigenvalue weighted by atomic mass is 19.1. The van der Waals surface area contributed by atoms with Crippen LogP contribution in [-0.4, -0.2) is 43.4 Å². The maximum absolute atomic E-state index is 14.3. The van der Waals surface area contributed by atoms with Gasteiger partial charge in [0.25, 0.3) is 0 Å². The van der Waals surface area contributed by atoms with Gasteiger partial charge in [0.15, 0.2) is 0 Å². The van der Waals surface area contributed by atoms with Crippen molar-refractivity contribution in [3.63, 3.8) is 0 Å². The van der Waals surface area contributed by atoms with Crippen LogP contribution in [0.5, 0.6) is 5.88 Å². The summed E-state index contributed by atoms with van der Waals surface area (Å²) in [5.74, 6) is 0.900. The van der Waals surface area contributed by atoms with E-state index in [9.17, 15) is 4.39 Å². The molecule has 3 rings (SSSR count). The smallest absolute Gasteiger partial charge is 0.218 e. The predicted molar refractivity (Wildman–Crippen MR) is 85.3 cm³/mol. The number of nitrogens with one attached hydrogen (secondary N) is 1. The molecule has 6 nitrogen and oxygen atoms in total. The summed E-state index contributed by atoms with van der Waals surface area (Å²) in [6, 6.07) is 6.98. The van der Waals surface area contributed by atoms with Crippen molar-refractivity contribution < 1.29 is 13.9 Å². The molecule has 0 bridgehead atoms. The Morgan fingerprint density at radius 3 is 2.83 bits per heavy atom. The third-order valence-electron chi connectivity index (χ3n) is 3.69. The second-order valence-corrected chi connectivity index (χ2v) is 5.18. The number of hydrogen-bond donors (Lipinski definition) is 1. The first kappa shape index (κ1) is 15.5. The maximum atomic E-state index is 14.3. The third kappa shape index (κ3) is 3.87. The molecule has 1 N–H and O–H groups in total. The standard InChI is InChI=1S/C16H19FN4O2/c1-22-16-9-15(19-11-20-16)18-10-12-2-3-14(13(17)8-12)21-4-6-23-7-5-21/h2-3,8-9,11H,4-7,10H2,1H3,(H,18,19,20). The van der Waals surface area contributed by atoms with E-state index in [0.717, 1.165) is 18.7 Å². The van der Waals surface area contributed by atoms with Gasteiger partial charge >= 0.3 is 0 Å². The van der Waals surface area contributed by atoms with Crippen LogP contribution in [-0.2, 0) is 11.3 Å². The van der Waals surface area contributed by atoms with Gasteiger partial charge in [-0.25, -0.2) is 14.4 Å². The minimum Gasteiger partial charge on any atom is -0.481 e. The minimum atomic E-state index is -0.216. The van der Waals surface area contributed by atoms with Gasteiger partial charge in [0.2, 0.25) is 5.88 Å². The zero-order valence-corrected chi connectivity index (χ0v) is 13.0. The summed E-state index contributed by atoms with van der Waals surface area (Å²) in [4.78, 5) is 10.0. The number of morpholine rings is 1. The molecule has 0 saturated carbocycles. The first-order valence-corrected chi connectivity index (χ1v) is 7.47. The van der Waals surface area contributed by atoms with Crippen molar-refractivity contribution in [2.45, 2.75) is 6.54 Å². The number of anilines is 2. The molecule has 1 fully saturated rings. The average Bonchev–Trinajstić information content (AvgIpc) is 2.61. The van der Waals surface area contributed by atoms with E-state index < -0.39 is 0 Å². The maximum Gasteiger partial charge on any atom is 0.218 e. The molecule has 0 radical (unpaired) electrons. The second kappa shape index (κ2) is 7.23. The summed E-state index contributed by atoms with van der Waals surface area (Å²) in [6.45, 7) is 3.18. The zero-order valence-electron chi connectivity index (χ0n) is 13.0. The van der Waals surface area contributed by atoms with Crippen molar-refractivity contribution in [3.8, 4) is 5.88 Å². The van der Waals surface area contributed by atoms with Crippen molar-refractivity contribution in [1.82, 2.24) is 9.97 Å². The molecule has 1 aromatic heterocycles. The fourth-order valence-electron chi connectivity index (χ4n) is 2.46. The summed E-state index contributed by atoms with van der Waals surface area (Å²) in [6.07, 6.45) is 1.42. The molecule has 122 valence electrons. The zero-order chi connectivity index (χ0) is 16.1. The highest BCUT2D eigenvalue weighted by Gasteiger charge is 2.15. The molecule has 0 amide bonds. The minimum absolute atomic E-state index is 0.216. The Balaban J connectivity index is 1.65. The van der Waals surface area contributed by atoms with Crippen molar-refractivity contribution in [3.05, 3.63) is 42.0 Å². The van der Waals surface area contributed by atoms with Gasteiger partial charge in [-0.2, -0.15) is 0 Å². The monoisotopic (exact) mass is 318 g/mol. The van der Waals surface area contributed by atoms with Gasteiger partial charge in [0.05, 0.1) is 26.0 Å². The SMILES string of the molecule is COc1cc(NCc2ccc(N3CCOCC3)c(F)c2)ncn1. The lowest BCUT2D eigenvalue weighted by Crippen LogP contribution is -2.36. The molecular weight excluding hydrogens is 299 g/mol. The van der Waals surface area contributed by atoms with E-state index in [1.54, 1.807) is 19.2 Å². The van der Waals surface area contributed by atoms with Crippen molar-refractivity contribution in [2.24, 2.45) is 0 Å². The van der Waals surface area contributed by atoms with E-state index in [1.165, 1.54) is 6.33 Å². The molecule has 0 aliphatic carbocycles. The molecule has 1 aliphatic heterocycles. The molecule has 2 heterocycles. The quantitative estimate of drug-likeness (QED) is 0.911. The Bertz CT molecular complexity index is 662. The van der Waals surface area contributed by atoms with Gasteiger partial charge in [-0.05, 0) is 17.7 Å². The molecule has 1 aromatic carbocycles. The Morgan fingerprint density at radius 1 is 1.26 bits per heavy atom. The lowest BCUT2D eigenvalue weighted by Gasteiger charge is -2.29. The second-order valence-electron chi connectivity index (χ2n) is 5.18. The van der Waals surface area contributed by atoms with Gasteiger partial charge in [-0.15, -0.1) is 0 Å². The normalized spacial score (nSPS) is 14.6. The van der Waals surface area contributed by atoms with Crippen LogP contribution in [0, 0.1) is 5.82 Å². The van der Waals surface area contributed by atoms with Crippen LogP contribution in [0.3, 0.4) is 0 Å². The molecule has 1 aliphatic rings. The van der Waals surface area contributed by atoms with E-state index in [0.29, 0.717) is 37.1 Å². The number of methoxy groups -OCH3 is 1. The summed E-state index contributed by atoms with van der Waals surface area (Å²) < 4.78 is 24.7. The van der Waals surface area contributed by atoms with E-state index in [2.05, 4.69) is 15.3 Å². The average molecular weight is 318 g/mol. The van der Waals surface area contributed by atoms with Gasteiger partial charge in [-0.3, -0.25) is 0 Å². The molecule has 23 heavy (non-hydrogen) atoms. The Kier molecular flexibility index (Phi) is 4.87. The molecule has 0 atom stereocenters. The highest BCUT2D eigenvalue weighted by molar-refractivity contribution is 5.50. The number of hydrogen-bond acceptors (Lipinski definition) is 6. The number of benzene rings is 1. The van der Waals surface area contributed by atoms with Crippen molar-refractivity contribution in [2.75, 3.05) is 43.6 Å². The van der Waals surface area contributed by atoms with Crippen LogP contribution < -0.4 is 15.0 Å². The Hall–Kier alpha value is -2.41. The molecule has 0 unspecified atom stereocenters. The van der Waals surface area contributed by atoms with Crippen LogP contribution in [0.25, 0.3) is 0 Å². The molecule has 7 heteroatoms. The Morgan fingerprint density at radius 2 is 2.09 bits per heavy atom. The number of aromatic nitrogens is 2. The molecular formula is C16H19FN4O2. The predicted octanol–water partition coefficient (Wildman–Crippen LogP) is 2.07. The molecule has 1 saturated heterocycles. The van der Waals surface area contributed by atoms with E-state index in [-0.39, 0.29) is 5.82 Å². The van der Waals surface area contributed by atoms with E-state index in [1.807, 2.05) is 17.0 Å². The highest BCUT2D eigenvalue weighted by Crippen LogP contribution is 2.22. The fraction of sp³-hybridized carbons (Fsp3) is 0.375. The summed E-state index contributed by atoms with van der Waals surface area (Å²) in [5.41, 5.74) is 1.47. The number of rotatable bonds is 5. The lowest BCUT2D eigenvalue weighted by atomic mass is 10.1. The van der Waals surface area contributed by atoms with Gasteiger partial charge in [-0.1, -0.05) is 6.07 Å². The number of halogens is 1. The summed E-state index contributed by atoms with van der Waals surface area (Å²) in [7, 11) is 1.55. The summed E-state index contributed by atoms with van der Waals surface area (Å²) in [5, 5.41) is 3.13. The van der Waals surface area contributed by atoms with Crippen LogP contribution in [0.1, 0.15) is 5.56 Å². The molecule has 0 spiro atoms. The van der Waals surface area contributed by atoms with Crippen LogP contribution in [0.2, 0.25) is 0 Å². The van der Waals surface area contributed by atoms with Gasteiger partial charge < -0.3 is 19.7 Å². The largest absolute Gasteiger partial charge is 0.481 e. The van der Waals surface area contributed by atoms with Crippen molar-refractivity contribution >= 4 is 11.5 Å². The first-order chi connectivity index (χ1) is 11.3. The Labute approximate surface area is 134 Å². The summed E-state index contributed by atoms with van der Waals surface area (Å²) >= 11 is 0. The van der Waals surface area contributed by atoms with E-state index >= 15 is 0 Å². The number of ether oxygens (including phenoxy) is 2. The fourth-order valence-corrected chi connectivity index (χ4v) is 2.46. The van der Waals surface area contributed by atoms with E-state index in [4.69, 9.17) is 9.47 Å². The van der Waals surface area contributed by atoms with Crippen LogP contribution >= 0.6 is 0 Å². The van der Waals surface area contributed by atoms with Gasteiger partial charge in [0.1, 0.15) is 18.0 Å². The lowest BCUT2D eigenvalue weighted by molar-refractivity contribution is 0.122. The van der Waals surface area contributed by atoms with Crippen LogP contribution in [0.15, 0.2) is 30.6 Å². The molecule has 2 aromatic rings. The topological polar surface area (TPSA) is 59.5 Å². The van der Waals surface area contributed by atoms with Crippen molar-refractivity contribution in [1.29, 1.82) is 0 Å². The van der Waals surface area contributed by atoms with Crippen LogP contribution in [0.4, 0.5) is 15.9 Å². The third-order valence-corrected chi connectivity index (χ3v) is 3.69. The first-order valence-electron chi connectivity index (χ1n) is 7.47. The number of nitrogens with zero attached hydrogens (tertiary/aromatic N) is 3.